The molecule has 7 nitrogen and oxygen atoms in total. The Morgan fingerprint density at radius 1 is 1.06 bits per heavy atom. The van der Waals surface area contributed by atoms with Crippen LogP contribution in [0.15, 0.2) is 71.8 Å². The van der Waals surface area contributed by atoms with E-state index in [4.69, 9.17) is 16.3 Å². The number of ether oxygens (including phenoxy) is 1. The van der Waals surface area contributed by atoms with Crippen molar-refractivity contribution >= 4 is 33.2 Å². The zero-order valence-electron chi connectivity index (χ0n) is 17.2. The monoisotopic (exact) mass is 471 g/mol. The van der Waals surface area contributed by atoms with Crippen LogP contribution in [0.4, 0.5) is 5.69 Å². The molecule has 3 aromatic rings. The molecule has 0 bridgehead atoms. The average molecular weight is 472 g/mol. The first-order valence-corrected chi connectivity index (χ1v) is 12.0. The number of halogens is 1. The first-order valence-electron chi connectivity index (χ1n) is 10.2. The number of nitrogens with one attached hydrogen (secondary N) is 1. The zero-order chi connectivity index (χ0) is 22.6. The van der Waals surface area contributed by atoms with Crippen LogP contribution in [-0.2, 0) is 16.6 Å². The summed E-state index contributed by atoms with van der Waals surface area (Å²) < 4.78 is 32.9. The molecule has 0 atom stereocenters. The second-order valence-corrected chi connectivity index (χ2v) is 9.68. The van der Waals surface area contributed by atoms with Crippen molar-refractivity contribution in [3.05, 3.63) is 83.0 Å². The summed E-state index contributed by atoms with van der Waals surface area (Å²) in [5.74, 6) is -0.0984. The van der Waals surface area contributed by atoms with E-state index in [1.54, 1.807) is 12.1 Å². The fourth-order valence-electron chi connectivity index (χ4n) is 3.41. The van der Waals surface area contributed by atoms with Gasteiger partial charge in [-0.2, -0.15) is 4.31 Å². The fraction of sp³-hybridized carbons (Fsp3) is 0.217. The lowest BCUT2D eigenvalue weighted by Crippen LogP contribution is -2.28. The van der Waals surface area contributed by atoms with Crippen LogP contribution in [0.1, 0.15) is 28.8 Å². The number of carbonyl (C=O) groups excluding carboxylic acids is 1. The maximum absolute atomic E-state index is 12.9. The number of sulfonamides is 1. The van der Waals surface area contributed by atoms with E-state index in [1.165, 1.54) is 28.7 Å². The molecule has 1 fully saturated rings. The molecule has 2 heterocycles. The van der Waals surface area contributed by atoms with Crippen molar-refractivity contribution in [2.75, 3.05) is 18.4 Å². The van der Waals surface area contributed by atoms with Crippen molar-refractivity contribution in [3.8, 4) is 5.88 Å². The van der Waals surface area contributed by atoms with Crippen LogP contribution in [0.5, 0.6) is 5.88 Å². The van der Waals surface area contributed by atoms with E-state index < -0.39 is 15.9 Å². The summed E-state index contributed by atoms with van der Waals surface area (Å²) in [4.78, 5) is 16.9. The molecule has 166 valence electrons. The zero-order valence-corrected chi connectivity index (χ0v) is 18.8. The number of aromatic nitrogens is 1. The van der Waals surface area contributed by atoms with Crippen LogP contribution < -0.4 is 10.1 Å². The molecule has 0 saturated carbocycles. The van der Waals surface area contributed by atoms with Gasteiger partial charge in [0, 0.05) is 36.6 Å². The van der Waals surface area contributed by atoms with Crippen LogP contribution >= 0.6 is 11.6 Å². The quantitative estimate of drug-likeness (QED) is 0.553. The van der Waals surface area contributed by atoms with Gasteiger partial charge in [-0.1, -0.05) is 41.9 Å². The van der Waals surface area contributed by atoms with Crippen molar-refractivity contribution in [3.63, 3.8) is 0 Å². The summed E-state index contributed by atoms with van der Waals surface area (Å²) in [6, 6.07) is 17.2. The first-order chi connectivity index (χ1) is 15.4. The number of benzene rings is 2. The maximum Gasteiger partial charge on any atom is 0.255 e. The van der Waals surface area contributed by atoms with E-state index in [0.717, 1.165) is 18.4 Å². The van der Waals surface area contributed by atoms with Crippen LogP contribution in [-0.4, -0.2) is 36.7 Å². The molecule has 1 N–H and O–H groups in total. The second kappa shape index (κ2) is 9.68. The second-order valence-electron chi connectivity index (χ2n) is 7.37. The predicted octanol–water partition coefficient (Wildman–Crippen LogP) is 4.35. The van der Waals surface area contributed by atoms with Crippen molar-refractivity contribution in [2.24, 2.45) is 0 Å². The predicted molar refractivity (Wildman–Crippen MR) is 122 cm³/mol. The van der Waals surface area contributed by atoms with Gasteiger partial charge in [0.05, 0.1) is 5.02 Å². The van der Waals surface area contributed by atoms with Gasteiger partial charge in [0.2, 0.25) is 15.9 Å². The van der Waals surface area contributed by atoms with Crippen LogP contribution in [0.3, 0.4) is 0 Å². The lowest BCUT2D eigenvalue weighted by molar-refractivity contribution is 0.102. The van der Waals surface area contributed by atoms with E-state index in [0.29, 0.717) is 36.8 Å². The number of rotatable bonds is 7. The smallest absolute Gasteiger partial charge is 0.255 e. The van der Waals surface area contributed by atoms with Gasteiger partial charge in [0.15, 0.2) is 0 Å². The van der Waals surface area contributed by atoms with Crippen LogP contribution in [0.25, 0.3) is 0 Å². The average Bonchev–Trinajstić information content (AvgIpc) is 3.36. The van der Waals surface area contributed by atoms with Crippen LogP contribution in [0, 0.1) is 0 Å². The van der Waals surface area contributed by atoms with E-state index in [1.807, 2.05) is 30.3 Å². The Hall–Kier alpha value is -2.94. The third kappa shape index (κ3) is 5.09. The molecule has 0 aliphatic carbocycles. The maximum atomic E-state index is 12.9. The third-order valence-corrected chi connectivity index (χ3v) is 7.48. The molecule has 0 spiro atoms. The van der Waals surface area contributed by atoms with Gasteiger partial charge in [-0.3, -0.25) is 4.79 Å². The molecule has 1 saturated heterocycles. The number of pyridine rings is 1. The number of anilines is 1. The highest BCUT2D eigenvalue weighted by Gasteiger charge is 2.29. The third-order valence-electron chi connectivity index (χ3n) is 5.10. The topological polar surface area (TPSA) is 88.6 Å². The normalized spacial score (nSPS) is 14.3. The van der Waals surface area contributed by atoms with Gasteiger partial charge in [-0.15, -0.1) is 0 Å². The Bertz CT molecular complexity index is 1210. The molecule has 32 heavy (non-hydrogen) atoms. The summed E-state index contributed by atoms with van der Waals surface area (Å²) in [6.07, 6.45) is 3.13. The molecule has 9 heteroatoms. The molecule has 0 radical (unpaired) electrons. The highest BCUT2D eigenvalue weighted by molar-refractivity contribution is 7.89. The minimum atomic E-state index is -3.71. The molecule has 4 rings (SSSR count). The number of hydrogen-bond acceptors (Lipinski definition) is 5. The standard InChI is InChI=1S/C23H22ClN3O4S/c24-20-9-8-19(15-21(20)32(29,30)27-12-4-5-13-27)26-23(28)18-10-11-25-22(14-18)31-16-17-6-2-1-3-7-17/h1-3,6-11,14-15H,4-5,12-13,16H2,(H,26,28). The Kier molecular flexibility index (Phi) is 6.74. The fourth-order valence-corrected chi connectivity index (χ4v) is 5.43. The molecular weight excluding hydrogens is 450 g/mol. The molecule has 1 aromatic heterocycles. The van der Waals surface area contributed by atoms with E-state index in [2.05, 4.69) is 10.3 Å². The molecule has 1 aliphatic heterocycles. The van der Waals surface area contributed by atoms with Crippen molar-refractivity contribution in [1.82, 2.24) is 9.29 Å². The highest BCUT2D eigenvalue weighted by atomic mass is 35.5. The van der Waals surface area contributed by atoms with E-state index in [9.17, 15) is 13.2 Å². The summed E-state index contributed by atoms with van der Waals surface area (Å²) in [5.41, 5.74) is 1.65. The summed E-state index contributed by atoms with van der Waals surface area (Å²) in [7, 11) is -3.71. The van der Waals surface area contributed by atoms with Gasteiger partial charge in [-0.25, -0.2) is 13.4 Å². The Balaban J connectivity index is 1.48. The largest absolute Gasteiger partial charge is 0.473 e. The number of carbonyl (C=O) groups is 1. The Morgan fingerprint density at radius 3 is 2.56 bits per heavy atom. The lowest BCUT2D eigenvalue weighted by atomic mass is 10.2. The van der Waals surface area contributed by atoms with Crippen molar-refractivity contribution in [1.29, 1.82) is 0 Å². The summed E-state index contributed by atoms with van der Waals surface area (Å²) >= 11 is 6.18. The van der Waals surface area contributed by atoms with Crippen LogP contribution in [0.2, 0.25) is 5.02 Å². The highest BCUT2D eigenvalue weighted by Crippen LogP contribution is 2.30. The number of amides is 1. The SMILES string of the molecule is O=C(Nc1ccc(Cl)c(S(=O)(=O)N2CCCC2)c1)c1ccnc(OCc2ccccc2)c1. The lowest BCUT2D eigenvalue weighted by Gasteiger charge is -2.17. The molecule has 1 amide bonds. The molecule has 2 aromatic carbocycles. The van der Waals surface area contributed by atoms with Gasteiger partial charge in [-0.05, 0) is 42.7 Å². The van der Waals surface area contributed by atoms with Crippen molar-refractivity contribution < 1.29 is 17.9 Å². The summed E-state index contributed by atoms with van der Waals surface area (Å²) in [5, 5.41) is 2.85. The Labute approximate surface area is 192 Å². The number of nitrogens with zero attached hydrogens (tertiary/aromatic N) is 2. The van der Waals surface area contributed by atoms with Gasteiger partial charge in [0.1, 0.15) is 11.5 Å². The first kappa shape index (κ1) is 22.3. The summed E-state index contributed by atoms with van der Waals surface area (Å²) in [6.45, 7) is 1.27. The molecule has 0 unspecified atom stereocenters. The minimum absolute atomic E-state index is 0.0134. The Morgan fingerprint density at radius 2 is 1.81 bits per heavy atom. The van der Waals surface area contributed by atoms with Gasteiger partial charge in [0.25, 0.3) is 5.91 Å². The van der Waals surface area contributed by atoms with Gasteiger partial charge < -0.3 is 10.1 Å². The van der Waals surface area contributed by atoms with E-state index >= 15 is 0 Å². The van der Waals surface area contributed by atoms with Gasteiger partial charge >= 0.3 is 0 Å². The molecular formula is C23H22ClN3O4S. The van der Waals surface area contributed by atoms with E-state index in [-0.39, 0.29) is 9.92 Å². The van der Waals surface area contributed by atoms with Crippen molar-refractivity contribution in [2.45, 2.75) is 24.3 Å². The number of hydrogen-bond donors (Lipinski definition) is 1. The molecule has 1 aliphatic rings. The minimum Gasteiger partial charge on any atom is -0.473 e.